The quantitative estimate of drug-likeness (QED) is 0.709. The van der Waals surface area contributed by atoms with Gasteiger partial charge in [0.05, 0.1) is 29.8 Å². The molecule has 0 aliphatic heterocycles. The summed E-state index contributed by atoms with van der Waals surface area (Å²) in [5.74, 6) is -2.82. The van der Waals surface area contributed by atoms with Crippen molar-refractivity contribution in [1.82, 2.24) is 9.62 Å². The number of rotatable bonds is 8. The van der Waals surface area contributed by atoms with Gasteiger partial charge in [-0.2, -0.15) is 4.31 Å². The standard InChI is InChI=1S/C14H18ClFN2O5S/c1-3-24(22,23)18(2)8-13(19)17-12(7-14(20)21)9-4-5-10(15)11(16)6-9/h4-6,12H,3,7-8H2,1-2H3,(H,17,19)(H,20,21). The van der Waals surface area contributed by atoms with E-state index in [4.69, 9.17) is 16.7 Å². The van der Waals surface area contributed by atoms with Crippen molar-refractivity contribution in [3.63, 3.8) is 0 Å². The Morgan fingerprint density at radius 3 is 2.54 bits per heavy atom. The molecule has 7 nitrogen and oxygen atoms in total. The molecular weight excluding hydrogens is 363 g/mol. The van der Waals surface area contributed by atoms with E-state index >= 15 is 0 Å². The fourth-order valence-corrected chi connectivity index (χ4v) is 2.79. The average molecular weight is 381 g/mol. The third-order valence-corrected chi connectivity index (χ3v) is 5.38. The number of nitrogens with zero attached hydrogens (tertiary/aromatic N) is 1. The SMILES string of the molecule is CCS(=O)(=O)N(C)CC(=O)NC(CC(=O)O)c1ccc(Cl)c(F)c1. The highest BCUT2D eigenvalue weighted by atomic mass is 35.5. The number of nitrogens with one attached hydrogen (secondary N) is 1. The van der Waals surface area contributed by atoms with Crippen LogP contribution in [-0.2, 0) is 19.6 Å². The second kappa shape index (κ2) is 8.41. The molecule has 0 saturated carbocycles. The van der Waals surface area contributed by atoms with Crippen LogP contribution in [0, 0.1) is 5.82 Å². The van der Waals surface area contributed by atoms with Crippen LogP contribution in [0.5, 0.6) is 0 Å². The molecule has 134 valence electrons. The Hall–Kier alpha value is -1.71. The third kappa shape index (κ3) is 5.73. The molecule has 1 atom stereocenters. The summed E-state index contributed by atoms with van der Waals surface area (Å²) in [6, 6.07) is 2.66. The fraction of sp³-hybridized carbons (Fsp3) is 0.429. The van der Waals surface area contributed by atoms with Crippen LogP contribution >= 0.6 is 11.6 Å². The fourth-order valence-electron chi connectivity index (χ4n) is 1.92. The van der Waals surface area contributed by atoms with E-state index in [1.807, 2.05) is 0 Å². The highest BCUT2D eigenvalue weighted by Gasteiger charge is 2.23. The highest BCUT2D eigenvalue weighted by molar-refractivity contribution is 7.89. The van der Waals surface area contributed by atoms with E-state index in [0.29, 0.717) is 0 Å². The molecular formula is C14H18ClFN2O5S. The van der Waals surface area contributed by atoms with Crippen LogP contribution in [-0.4, -0.2) is 49.1 Å². The van der Waals surface area contributed by atoms with Crippen molar-refractivity contribution in [2.75, 3.05) is 19.3 Å². The summed E-state index contributed by atoms with van der Waals surface area (Å²) in [6.07, 6.45) is -0.489. The van der Waals surface area contributed by atoms with Gasteiger partial charge in [0, 0.05) is 7.05 Å². The van der Waals surface area contributed by atoms with Crippen molar-refractivity contribution in [1.29, 1.82) is 0 Å². The second-order valence-corrected chi connectivity index (χ2v) is 7.82. The van der Waals surface area contributed by atoms with Crippen LogP contribution in [0.15, 0.2) is 18.2 Å². The maximum atomic E-state index is 13.5. The highest BCUT2D eigenvalue weighted by Crippen LogP contribution is 2.22. The molecule has 0 heterocycles. The molecule has 0 spiro atoms. The van der Waals surface area contributed by atoms with Gasteiger partial charge in [-0.1, -0.05) is 17.7 Å². The minimum absolute atomic E-state index is 0.132. The molecule has 0 saturated heterocycles. The number of amides is 1. The topological polar surface area (TPSA) is 104 Å². The Morgan fingerprint density at radius 1 is 1.42 bits per heavy atom. The number of hydrogen-bond acceptors (Lipinski definition) is 4. The van der Waals surface area contributed by atoms with Crippen LogP contribution in [0.3, 0.4) is 0 Å². The van der Waals surface area contributed by atoms with E-state index in [9.17, 15) is 22.4 Å². The summed E-state index contributed by atoms with van der Waals surface area (Å²) >= 11 is 5.58. The van der Waals surface area contributed by atoms with Gasteiger partial charge < -0.3 is 10.4 Å². The van der Waals surface area contributed by atoms with Crippen molar-refractivity contribution in [2.45, 2.75) is 19.4 Å². The summed E-state index contributed by atoms with van der Waals surface area (Å²) < 4.78 is 37.7. The number of carboxylic acid groups (broad SMARTS) is 1. The van der Waals surface area contributed by atoms with E-state index in [0.717, 1.165) is 10.4 Å². The van der Waals surface area contributed by atoms with Crippen molar-refractivity contribution in [3.8, 4) is 0 Å². The Labute approximate surface area is 144 Å². The Bertz CT molecular complexity index is 726. The van der Waals surface area contributed by atoms with Crippen LogP contribution in [0.25, 0.3) is 0 Å². The number of halogens is 2. The second-order valence-electron chi connectivity index (χ2n) is 5.05. The lowest BCUT2D eigenvalue weighted by molar-refractivity contribution is -0.137. The van der Waals surface area contributed by atoms with E-state index in [-0.39, 0.29) is 16.3 Å². The number of sulfonamides is 1. The smallest absolute Gasteiger partial charge is 0.305 e. The number of carbonyl (C=O) groups excluding carboxylic acids is 1. The van der Waals surface area contributed by atoms with Gasteiger partial charge in [-0.15, -0.1) is 0 Å². The number of carbonyl (C=O) groups is 2. The zero-order valence-corrected chi connectivity index (χ0v) is 14.7. The largest absolute Gasteiger partial charge is 0.481 e. The van der Waals surface area contributed by atoms with Crippen molar-refractivity contribution >= 4 is 33.5 Å². The summed E-state index contributed by atoms with van der Waals surface area (Å²) in [7, 11) is -2.31. The molecule has 1 aromatic rings. The van der Waals surface area contributed by atoms with Gasteiger partial charge in [0.1, 0.15) is 5.82 Å². The molecule has 1 unspecified atom stereocenters. The van der Waals surface area contributed by atoms with Gasteiger partial charge in [-0.25, -0.2) is 12.8 Å². The lowest BCUT2D eigenvalue weighted by Crippen LogP contribution is -2.40. The number of hydrogen-bond donors (Lipinski definition) is 2. The maximum absolute atomic E-state index is 13.5. The van der Waals surface area contributed by atoms with Gasteiger partial charge in [0.15, 0.2) is 0 Å². The van der Waals surface area contributed by atoms with Gasteiger partial charge in [-0.05, 0) is 24.6 Å². The zero-order chi connectivity index (χ0) is 18.5. The van der Waals surface area contributed by atoms with E-state index in [1.165, 1.54) is 26.1 Å². The van der Waals surface area contributed by atoms with Gasteiger partial charge >= 0.3 is 5.97 Å². The van der Waals surface area contributed by atoms with Gasteiger partial charge in [-0.3, -0.25) is 9.59 Å². The minimum atomic E-state index is -3.55. The maximum Gasteiger partial charge on any atom is 0.305 e. The lowest BCUT2D eigenvalue weighted by atomic mass is 10.0. The average Bonchev–Trinajstić information content (AvgIpc) is 2.48. The molecule has 10 heteroatoms. The van der Waals surface area contributed by atoms with Crippen molar-refractivity contribution < 1.29 is 27.5 Å². The van der Waals surface area contributed by atoms with E-state index < -0.39 is 46.7 Å². The molecule has 1 rings (SSSR count). The number of aliphatic carboxylic acids is 1. The molecule has 0 aliphatic rings. The normalized spacial score (nSPS) is 12.9. The molecule has 0 bridgehead atoms. The summed E-state index contributed by atoms with van der Waals surface area (Å²) in [4.78, 5) is 23.0. The molecule has 0 aromatic heterocycles. The predicted octanol–water partition coefficient (Wildman–Crippen LogP) is 1.39. The Balaban J connectivity index is 2.92. The number of carboxylic acids is 1. The Morgan fingerprint density at radius 2 is 2.04 bits per heavy atom. The molecule has 1 aromatic carbocycles. The van der Waals surface area contributed by atoms with E-state index in [1.54, 1.807) is 0 Å². The molecule has 24 heavy (non-hydrogen) atoms. The molecule has 1 amide bonds. The van der Waals surface area contributed by atoms with Crippen LogP contribution < -0.4 is 5.32 Å². The molecule has 0 fully saturated rings. The minimum Gasteiger partial charge on any atom is -0.481 e. The van der Waals surface area contributed by atoms with Crippen molar-refractivity contribution in [3.05, 3.63) is 34.6 Å². The Kier molecular flexibility index (Phi) is 7.12. The van der Waals surface area contributed by atoms with Crippen LogP contribution in [0.4, 0.5) is 4.39 Å². The summed E-state index contributed by atoms with van der Waals surface area (Å²) in [5, 5.41) is 11.2. The predicted molar refractivity (Wildman–Crippen MR) is 86.6 cm³/mol. The molecule has 2 N–H and O–H groups in total. The van der Waals surface area contributed by atoms with Crippen LogP contribution in [0.2, 0.25) is 5.02 Å². The summed E-state index contributed by atoms with van der Waals surface area (Å²) in [6.45, 7) is 0.968. The first-order valence-electron chi connectivity index (χ1n) is 6.97. The number of likely N-dealkylation sites (N-methyl/N-ethyl adjacent to an activating group) is 1. The van der Waals surface area contributed by atoms with Crippen molar-refractivity contribution in [2.24, 2.45) is 0 Å². The van der Waals surface area contributed by atoms with Crippen LogP contribution in [0.1, 0.15) is 24.9 Å². The van der Waals surface area contributed by atoms with Gasteiger partial charge in [0.25, 0.3) is 0 Å². The van der Waals surface area contributed by atoms with Gasteiger partial charge in [0.2, 0.25) is 15.9 Å². The molecule has 0 aliphatic carbocycles. The zero-order valence-electron chi connectivity index (χ0n) is 13.1. The monoisotopic (exact) mass is 380 g/mol. The summed E-state index contributed by atoms with van der Waals surface area (Å²) in [5.41, 5.74) is 0.216. The lowest BCUT2D eigenvalue weighted by Gasteiger charge is -2.20. The third-order valence-electron chi connectivity index (χ3n) is 3.27. The first-order chi connectivity index (χ1) is 11.1. The first kappa shape index (κ1) is 20.3. The van der Waals surface area contributed by atoms with E-state index in [2.05, 4.69) is 5.32 Å². The first-order valence-corrected chi connectivity index (χ1v) is 8.95. The molecule has 0 radical (unpaired) electrons. The number of benzene rings is 1.